The second-order valence-corrected chi connectivity index (χ2v) is 5.23. The first-order valence-electron chi connectivity index (χ1n) is 7.64. The number of imidazole rings is 1. The molecule has 2 aromatic carbocycles. The summed E-state index contributed by atoms with van der Waals surface area (Å²) in [5.74, 6) is 1.51. The van der Waals surface area contributed by atoms with E-state index in [2.05, 4.69) is 9.97 Å². The molecule has 0 aliphatic carbocycles. The molecule has 0 atom stereocenters. The second-order valence-electron chi connectivity index (χ2n) is 5.23. The highest BCUT2D eigenvalue weighted by molar-refractivity contribution is 6.02. The lowest BCUT2D eigenvalue weighted by Crippen LogP contribution is -2.01. The van der Waals surface area contributed by atoms with E-state index in [1.807, 2.05) is 36.4 Å². The zero-order chi connectivity index (χ0) is 17.8. The number of methoxy groups -OCH3 is 3. The highest BCUT2D eigenvalue weighted by atomic mass is 16.5. The van der Waals surface area contributed by atoms with E-state index < -0.39 is 5.97 Å². The molecule has 0 aliphatic rings. The molecule has 1 N–H and O–H groups in total. The lowest BCUT2D eigenvalue weighted by molar-refractivity contribution is 0.0603. The Morgan fingerprint density at radius 1 is 1.04 bits per heavy atom. The fourth-order valence-electron chi connectivity index (χ4n) is 2.62. The zero-order valence-corrected chi connectivity index (χ0v) is 14.2. The molecule has 25 heavy (non-hydrogen) atoms. The van der Waals surface area contributed by atoms with Crippen molar-refractivity contribution in [1.29, 1.82) is 0 Å². The van der Waals surface area contributed by atoms with Gasteiger partial charge in [0, 0.05) is 5.56 Å². The van der Waals surface area contributed by atoms with Gasteiger partial charge in [0.05, 0.1) is 32.4 Å². The summed E-state index contributed by atoms with van der Waals surface area (Å²) < 4.78 is 15.5. The van der Waals surface area contributed by atoms with Gasteiger partial charge in [-0.3, -0.25) is 0 Å². The summed E-state index contributed by atoms with van der Waals surface area (Å²) in [5.41, 5.74) is 2.62. The van der Waals surface area contributed by atoms with Crippen LogP contribution in [0.5, 0.6) is 11.5 Å². The maximum absolute atomic E-state index is 11.8. The van der Waals surface area contributed by atoms with E-state index in [0.717, 1.165) is 11.1 Å². The van der Waals surface area contributed by atoms with Crippen LogP contribution in [0.3, 0.4) is 0 Å². The Labute approximate surface area is 145 Å². The molecule has 0 bridgehead atoms. The van der Waals surface area contributed by atoms with Crippen LogP contribution >= 0.6 is 0 Å². The van der Waals surface area contributed by atoms with Crippen molar-refractivity contribution in [3.8, 4) is 11.5 Å². The van der Waals surface area contributed by atoms with Crippen LogP contribution in [0.15, 0.2) is 36.4 Å². The second kappa shape index (κ2) is 7.09. The Morgan fingerprint density at radius 2 is 1.84 bits per heavy atom. The number of nitrogens with zero attached hydrogens (tertiary/aromatic N) is 1. The van der Waals surface area contributed by atoms with Gasteiger partial charge in [0.2, 0.25) is 0 Å². The van der Waals surface area contributed by atoms with Crippen LogP contribution in [0.2, 0.25) is 0 Å². The number of para-hydroxylation sites is 2. The molecular formula is C19H18N2O4. The number of carbonyl (C=O) groups is 1. The molecule has 0 radical (unpaired) electrons. The minimum absolute atomic E-state index is 0.415. The topological polar surface area (TPSA) is 73.4 Å². The fourth-order valence-corrected chi connectivity index (χ4v) is 2.62. The van der Waals surface area contributed by atoms with Crippen LogP contribution in [0.1, 0.15) is 21.7 Å². The maximum Gasteiger partial charge on any atom is 0.340 e. The molecule has 3 aromatic rings. The van der Waals surface area contributed by atoms with Gasteiger partial charge in [-0.15, -0.1) is 0 Å². The Balaban J connectivity index is 1.99. The number of hydrogen-bond donors (Lipinski definition) is 1. The van der Waals surface area contributed by atoms with E-state index in [4.69, 9.17) is 14.2 Å². The van der Waals surface area contributed by atoms with Crippen molar-refractivity contribution in [2.24, 2.45) is 0 Å². The normalized spacial score (nSPS) is 11.0. The largest absolute Gasteiger partial charge is 0.493 e. The smallest absolute Gasteiger partial charge is 0.340 e. The van der Waals surface area contributed by atoms with Crippen LogP contribution in [0, 0.1) is 0 Å². The quantitative estimate of drug-likeness (QED) is 0.720. The number of rotatable bonds is 5. The van der Waals surface area contributed by atoms with Gasteiger partial charge in [-0.2, -0.15) is 0 Å². The van der Waals surface area contributed by atoms with Gasteiger partial charge in [-0.05, 0) is 30.4 Å². The standard InChI is InChI=1S/C19H18N2O4/c1-23-15-9-4-6-12(18(15)24-2)10-11-16-20-14-8-5-7-13(17(14)21-16)19(22)25-3/h4-11H,1-3H3,(H,20,21)/b11-10+. The molecule has 128 valence electrons. The van der Waals surface area contributed by atoms with E-state index in [9.17, 15) is 4.79 Å². The van der Waals surface area contributed by atoms with Crippen LogP contribution in [-0.4, -0.2) is 37.3 Å². The van der Waals surface area contributed by atoms with Crippen molar-refractivity contribution in [1.82, 2.24) is 9.97 Å². The van der Waals surface area contributed by atoms with E-state index in [1.54, 1.807) is 26.4 Å². The number of hydrogen-bond acceptors (Lipinski definition) is 5. The number of ether oxygens (including phenoxy) is 3. The molecule has 0 saturated carbocycles. The number of benzene rings is 2. The average molecular weight is 338 g/mol. The van der Waals surface area contributed by atoms with Crippen molar-refractivity contribution in [3.05, 3.63) is 53.3 Å². The molecule has 1 heterocycles. The van der Waals surface area contributed by atoms with Gasteiger partial charge in [0.1, 0.15) is 11.3 Å². The first-order chi connectivity index (χ1) is 12.2. The first-order valence-corrected chi connectivity index (χ1v) is 7.64. The van der Waals surface area contributed by atoms with Crippen molar-refractivity contribution in [2.45, 2.75) is 0 Å². The zero-order valence-electron chi connectivity index (χ0n) is 14.2. The number of nitrogens with one attached hydrogen (secondary N) is 1. The number of fused-ring (bicyclic) bond motifs is 1. The molecule has 0 saturated heterocycles. The van der Waals surface area contributed by atoms with Crippen molar-refractivity contribution < 1.29 is 19.0 Å². The Hall–Kier alpha value is -3.28. The van der Waals surface area contributed by atoms with Crippen molar-refractivity contribution in [2.75, 3.05) is 21.3 Å². The monoisotopic (exact) mass is 338 g/mol. The van der Waals surface area contributed by atoms with Gasteiger partial charge in [-0.1, -0.05) is 18.2 Å². The van der Waals surface area contributed by atoms with E-state index in [1.165, 1.54) is 7.11 Å². The minimum atomic E-state index is -0.415. The van der Waals surface area contributed by atoms with Gasteiger partial charge in [-0.25, -0.2) is 9.78 Å². The Morgan fingerprint density at radius 3 is 2.56 bits per heavy atom. The summed E-state index contributed by atoms with van der Waals surface area (Å²) in [6, 6.07) is 11.0. The predicted molar refractivity (Wildman–Crippen MR) is 95.9 cm³/mol. The van der Waals surface area contributed by atoms with Gasteiger partial charge in [0.25, 0.3) is 0 Å². The third-order valence-electron chi connectivity index (χ3n) is 3.79. The summed E-state index contributed by atoms with van der Waals surface area (Å²) in [4.78, 5) is 19.5. The van der Waals surface area contributed by atoms with Crippen LogP contribution in [-0.2, 0) is 4.74 Å². The molecule has 6 nitrogen and oxygen atoms in total. The average Bonchev–Trinajstić information content (AvgIpc) is 3.08. The number of aromatic amines is 1. The molecule has 0 amide bonds. The van der Waals surface area contributed by atoms with Crippen molar-refractivity contribution in [3.63, 3.8) is 0 Å². The first kappa shape index (κ1) is 16.6. The fraction of sp³-hybridized carbons (Fsp3) is 0.158. The third-order valence-corrected chi connectivity index (χ3v) is 3.79. The lowest BCUT2D eigenvalue weighted by Gasteiger charge is -2.09. The molecule has 3 rings (SSSR count). The Bertz CT molecular complexity index is 944. The summed E-state index contributed by atoms with van der Waals surface area (Å²) in [6.07, 6.45) is 3.69. The number of H-pyrrole nitrogens is 1. The summed E-state index contributed by atoms with van der Waals surface area (Å²) in [5, 5.41) is 0. The van der Waals surface area contributed by atoms with Crippen molar-refractivity contribution >= 4 is 29.2 Å². The number of aromatic nitrogens is 2. The molecule has 0 unspecified atom stereocenters. The Kier molecular flexibility index (Phi) is 4.70. The molecule has 6 heteroatoms. The van der Waals surface area contributed by atoms with Crippen LogP contribution in [0.4, 0.5) is 0 Å². The molecule has 0 spiro atoms. The third kappa shape index (κ3) is 3.19. The van der Waals surface area contributed by atoms with E-state index >= 15 is 0 Å². The predicted octanol–water partition coefficient (Wildman–Crippen LogP) is 3.54. The van der Waals surface area contributed by atoms with Crippen LogP contribution < -0.4 is 9.47 Å². The van der Waals surface area contributed by atoms with Gasteiger partial charge >= 0.3 is 5.97 Å². The minimum Gasteiger partial charge on any atom is -0.493 e. The summed E-state index contributed by atoms with van der Waals surface area (Å²) in [6.45, 7) is 0. The number of esters is 1. The van der Waals surface area contributed by atoms with E-state index in [-0.39, 0.29) is 0 Å². The van der Waals surface area contributed by atoms with Gasteiger partial charge in [0.15, 0.2) is 11.5 Å². The number of carbonyl (C=O) groups excluding carboxylic acids is 1. The highest BCUT2D eigenvalue weighted by Crippen LogP contribution is 2.31. The SMILES string of the molecule is COC(=O)c1cccc2[nH]c(/C=C/c3cccc(OC)c3OC)nc12. The molecule has 0 aliphatic heterocycles. The van der Waals surface area contributed by atoms with Crippen LogP contribution in [0.25, 0.3) is 23.2 Å². The molecule has 0 fully saturated rings. The van der Waals surface area contributed by atoms with E-state index in [0.29, 0.717) is 28.4 Å². The molecule has 1 aromatic heterocycles. The molecular weight excluding hydrogens is 320 g/mol. The lowest BCUT2D eigenvalue weighted by atomic mass is 10.1. The summed E-state index contributed by atoms with van der Waals surface area (Å²) >= 11 is 0. The maximum atomic E-state index is 11.8. The van der Waals surface area contributed by atoms with Gasteiger partial charge < -0.3 is 19.2 Å². The highest BCUT2D eigenvalue weighted by Gasteiger charge is 2.13. The summed E-state index contributed by atoms with van der Waals surface area (Å²) in [7, 11) is 4.54.